The van der Waals surface area contributed by atoms with Crippen LogP contribution in [0.2, 0.25) is 5.02 Å². The van der Waals surface area contributed by atoms with E-state index in [4.69, 9.17) is 11.6 Å². The molecule has 0 aliphatic rings. The molecule has 0 fully saturated rings. The van der Waals surface area contributed by atoms with Gasteiger partial charge in [-0.3, -0.25) is 15.5 Å². The summed E-state index contributed by atoms with van der Waals surface area (Å²) in [6, 6.07) is 16.0. The van der Waals surface area contributed by atoms with Crippen molar-refractivity contribution in [1.82, 2.24) is 4.57 Å². The zero-order valence-electron chi connectivity index (χ0n) is 14.3. The van der Waals surface area contributed by atoms with Crippen LogP contribution in [0.5, 0.6) is 0 Å². The second-order valence-corrected chi connectivity index (χ2v) is 6.22. The maximum Gasteiger partial charge on any atom is 0.294 e. The van der Waals surface area contributed by atoms with Gasteiger partial charge in [-0.1, -0.05) is 23.7 Å². The van der Waals surface area contributed by atoms with E-state index in [1.807, 2.05) is 44.2 Å². The van der Waals surface area contributed by atoms with Crippen molar-refractivity contribution >= 4 is 29.2 Å². The number of para-hydroxylation sites is 2. The summed E-state index contributed by atoms with van der Waals surface area (Å²) in [7, 11) is 0. The molecule has 6 nitrogen and oxygen atoms in total. The topological polar surface area (TPSA) is 72.5 Å². The van der Waals surface area contributed by atoms with Gasteiger partial charge in [0.15, 0.2) is 0 Å². The highest BCUT2D eigenvalue weighted by Crippen LogP contribution is 2.24. The number of halogens is 1. The third-order valence-corrected chi connectivity index (χ3v) is 4.30. The van der Waals surface area contributed by atoms with E-state index >= 15 is 0 Å². The number of hydrazone groups is 1. The van der Waals surface area contributed by atoms with Gasteiger partial charge in [0, 0.05) is 33.7 Å². The quantitative estimate of drug-likeness (QED) is 0.386. The van der Waals surface area contributed by atoms with Crippen molar-refractivity contribution in [3.8, 4) is 5.69 Å². The summed E-state index contributed by atoms with van der Waals surface area (Å²) >= 11 is 5.96. The number of nitro groups is 1. The van der Waals surface area contributed by atoms with Crippen LogP contribution in [0.1, 0.15) is 17.0 Å². The van der Waals surface area contributed by atoms with Gasteiger partial charge in [-0.25, -0.2) is 0 Å². The number of nitrogens with one attached hydrogen (secondary N) is 1. The predicted molar refractivity (Wildman–Crippen MR) is 105 cm³/mol. The normalized spacial score (nSPS) is 11.0. The molecule has 1 heterocycles. The lowest BCUT2D eigenvalue weighted by atomic mass is 10.2. The van der Waals surface area contributed by atoms with Crippen molar-refractivity contribution in [3.63, 3.8) is 0 Å². The number of hydrogen-bond donors (Lipinski definition) is 1. The van der Waals surface area contributed by atoms with Crippen molar-refractivity contribution in [2.24, 2.45) is 5.10 Å². The molecule has 2 aromatic carbocycles. The van der Waals surface area contributed by atoms with Crippen LogP contribution >= 0.6 is 11.6 Å². The first-order valence-corrected chi connectivity index (χ1v) is 8.32. The van der Waals surface area contributed by atoms with Crippen LogP contribution < -0.4 is 5.43 Å². The lowest BCUT2D eigenvalue weighted by Crippen LogP contribution is -2.00. The average Bonchev–Trinajstić information content (AvgIpc) is 2.90. The fraction of sp³-hybridized carbons (Fsp3) is 0.105. The number of aromatic nitrogens is 1. The zero-order chi connectivity index (χ0) is 18.7. The summed E-state index contributed by atoms with van der Waals surface area (Å²) in [6.07, 6.45) is 1.66. The highest BCUT2D eigenvalue weighted by atomic mass is 35.5. The van der Waals surface area contributed by atoms with E-state index in [2.05, 4.69) is 15.1 Å². The predicted octanol–water partition coefficient (Wildman–Crippen LogP) is 5.10. The molecule has 1 aromatic heterocycles. The molecule has 0 atom stereocenters. The second-order valence-electron chi connectivity index (χ2n) is 5.78. The Kier molecular flexibility index (Phi) is 5.04. The Morgan fingerprint density at radius 3 is 2.54 bits per heavy atom. The van der Waals surface area contributed by atoms with Gasteiger partial charge < -0.3 is 4.57 Å². The van der Waals surface area contributed by atoms with Crippen molar-refractivity contribution in [2.75, 3.05) is 5.43 Å². The molecule has 0 saturated carbocycles. The van der Waals surface area contributed by atoms with Gasteiger partial charge in [-0.05, 0) is 50.2 Å². The highest BCUT2D eigenvalue weighted by Gasteiger charge is 2.12. The van der Waals surface area contributed by atoms with Gasteiger partial charge in [0.05, 0.1) is 11.1 Å². The number of nitro benzene ring substituents is 1. The standard InChI is InChI=1S/C19H17ClN4O2/c1-13-11-15(14(2)23(13)17-9-7-16(20)8-10-17)12-21-22-18-5-3-4-6-19(18)24(25)26/h3-12,22H,1-2H3/b21-12-. The average molecular weight is 369 g/mol. The maximum absolute atomic E-state index is 11.0. The van der Waals surface area contributed by atoms with Gasteiger partial charge in [0.1, 0.15) is 5.69 Å². The third kappa shape index (κ3) is 3.60. The minimum absolute atomic E-state index is 0.0173. The summed E-state index contributed by atoms with van der Waals surface area (Å²) < 4.78 is 2.10. The minimum Gasteiger partial charge on any atom is -0.318 e. The maximum atomic E-state index is 11.0. The number of nitrogens with zero attached hydrogens (tertiary/aromatic N) is 3. The molecule has 0 amide bonds. The first-order valence-electron chi connectivity index (χ1n) is 7.95. The van der Waals surface area contributed by atoms with Crippen LogP contribution in [0.25, 0.3) is 5.69 Å². The van der Waals surface area contributed by atoms with Crippen LogP contribution in [0.15, 0.2) is 59.7 Å². The molecule has 0 aliphatic heterocycles. The Morgan fingerprint density at radius 1 is 1.15 bits per heavy atom. The molecule has 0 bridgehead atoms. The van der Waals surface area contributed by atoms with Gasteiger partial charge in [-0.2, -0.15) is 5.10 Å². The van der Waals surface area contributed by atoms with E-state index in [-0.39, 0.29) is 5.69 Å². The smallest absolute Gasteiger partial charge is 0.294 e. The first-order chi connectivity index (χ1) is 12.5. The summed E-state index contributed by atoms with van der Waals surface area (Å²) in [4.78, 5) is 10.6. The molecule has 3 aromatic rings. The molecule has 1 N–H and O–H groups in total. The molecule has 0 saturated heterocycles. The molecule has 0 spiro atoms. The van der Waals surface area contributed by atoms with Crippen molar-refractivity contribution in [1.29, 1.82) is 0 Å². The fourth-order valence-corrected chi connectivity index (χ4v) is 2.93. The van der Waals surface area contributed by atoms with Gasteiger partial charge >= 0.3 is 0 Å². The van der Waals surface area contributed by atoms with Crippen LogP contribution in [-0.2, 0) is 0 Å². The number of rotatable bonds is 5. The SMILES string of the molecule is Cc1cc(/C=N\Nc2ccccc2[N+](=O)[O-])c(C)n1-c1ccc(Cl)cc1. The number of benzene rings is 2. The lowest BCUT2D eigenvalue weighted by molar-refractivity contribution is -0.384. The molecule has 7 heteroatoms. The Morgan fingerprint density at radius 2 is 1.85 bits per heavy atom. The van der Waals surface area contributed by atoms with E-state index < -0.39 is 4.92 Å². The van der Waals surface area contributed by atoms with Gasteiger partial charge in [-0.15, -0.1) is 0 Å². The van der Waals surface area contributed by atoms with E-state index in [1.54, 1.807) is 24.4 Å². The van der Waals surface area contributed by atoms with E-state index in [0.717, 1.165) is 22.6 Å². The molecular weight excluding hydrogens is 352 g/mol. The molecular formula is C19H17ClN4O2. The van der Waals surface area contributed by atoms with Crippen LogP contribution in [0, 0.1) is 24.0 Å². The number of anilines is 1. The number of hydrogen-bond acceptors (Lipinski definition) is 4. The number of aryl methyl sites for hydroxylation is 1. The van der Waals surface area contributed by atoms with Crippen LogP contribution in [0.3, 0.4) is 0 Å². The Balaban J connectivity index is 1.85. The Hall–Kier alpha value is -3.12. The van der Waals surface area contributed by atoms with Crippen molar-refractivity contribution < 1.29 is 4.92 Å². The van der Waals surface area contributed by atoms with Gasteiger partial charge in [0.2, 0.25) is 0 Å². The van der Waals surface area contributed by atoms with E-state index in [9.17, 15) is 10.1 Å². The van der Waals surface area contributed by atoms with Crippen LogP contribution in [-0.4, -0.2) is 15.7 Å². The monoisotopic (exact) mass is 368 g/mol. The summed E-state index contributed by atoms with van der Waals surface area (Å²) in [5.41, 5.74) is 7.07. The largest absolute Gasteiger partial charge is 0.318 e. The Bertz CT molecular complexity index is 978. The molecule has 3 rings (SSSR count). The minimum atomic E-state index is -0.440. The fourth-order valence-electron chi connectivity index (χ4n) is 2.80. The highest BCUT2D eigenvalue weighted by molar-refractivity contribution is 6.30. The zero-order valence-corrected chi connectivity index (χ0v) is 15.1. The van der Waals surface area contributed by atoms with Gasteiger partial charge in [0.25, 0.3) is 5.69 Å². The lowest BCUT2D eigenvalue weighted by Gasteiger charge is -2.09. The first kappa shape index (κ1) is 17.7. The van der Waals surface area contributed by atoms with E-state index in [1.165, 1.54) is 6.07 Å². The van der Waals surface area contributed by atoms with Crippen LogP contribution in [0.4, 0.5) is 11.4 Å². The van der Waals surface area contributed by atoms with E-state index in [0.29, 0.717) is 10.7 Å². The molecule has 26 heavy (non-hydrogen) atoms. The molecule has 0 unspecified atom stereocenters. The summed E-state index contributed by atoms with van der Waals surface area (Å²) in [5, 5.41) is 15.9. The van der Waals surface area contributed by atoms with Crippen molar-refractivity contribution in [2.45, 2.75) is 13.8 Å². The third-order valence-electron chi connectivity index (χ3n) is 4.04. The molecule has 132 valence electrons. The molecule has 0 aliphatic carbocycles. The van der Waals surface area contributed by atoms with Crippen molar-refractivity contribution in [3.05, 3.63) is 86.7 Å². The summed E-state index contributed by atoms with van der Waals surface area (Å²) in [6.45, 7) is 4.00. The Labute approximate surface area is 155 Å². The summed E-state index contributed by atoms with van der Waals surface area (Å²) in [5.74, 6) is 0. The molecule has 0 radical (unpaired) electrons. The second kappa shape index (κ2) is 7.41.